The highest BCUT2D eigenvalue weighted by Crippen LogP contribution is 2.42. The average molecular weight is 962 g/mol. The number of benzene rings is 8. The van der Waals surface area contributed by atoms with E-state index in [9.17, 15) is 0 Å². The monoisotopic (exact) mass is 961 g/mol. The summed E-state index contributed by atoms with van der Waals surface area (Å²) in [6, 6.07) is 71.2. The number of hydrogen-bond acceptors (Lipinski definition) is 8. The second-order valence-electron chi connectivity index (χ2n) is 17.3. The van der Waals surface area contributed by atoms with E-state index in [1.54, 1.807) is 35.5 Å². The van der Waals surface area contributed by atoms with Gasteiger partial charge in [-0.3, -0.25) is 0 Å². The second kappa shape index (κ2) is 23.2. The summed E-state index contributed by atoms with van der Waals surface area (Å²) in [6.45, 7) is 2.20. The van der Waals surface area contributed by atoms with E-state index in [1.807, 2.05) is 54.6 Å². The molecule has 1 aliphatic rings. The van der Waals surface area contributed by atoms with Crippen LogP contribution in [0.15, 0.2) is 254 Å². The fourth-order valence-corrected chi connectivity index (χ4v) is 8.80. The maximum atomic E-state index is 5.68. The molecule has 0 fully saturated rings. The Bertz CT molecular complexity index is 2970. The van der Waals surface area contributed by atoms with Crippen molar-refractivity contribution in [3.63, 3.8) is 0 Å². The minimum Gasteiger partial charge on any atom is -0.497 e. The summed E-state index contributed by atoms with van der Waals surface area (Å²) in [4.78, 5) is 6.85. The smallest absolute Gasteiger partial charge is 0.118 e. The zero-order valence-electron chi connectivity index (χ0n) is 42.1. The molecule has 0 spiro atoms. The lowest BCUT2D eigenvalue weighted by atomic mass is 9.96. The van der Waals surface area contributed by atoms with Crippen LogP contribution in [0.1, 0.15) is 29.2 Å². The predicted molar refractivity (Wildman–Crippen MR) is 300 cm³/mol. The number of anilines is 6. The Labute approximate surface area is 429 Å². The Morgan fingerprint density at radius 2 is 0.671 bits per heavy atom. The van der Waals surface area contributed by atoms with Crippen LogP contribution < -0.4 is 33.6 Å². The fourth-order valence-electron chi connectivity index (χ4n) is 8.80. The third-order valence-electron chi connectivity index (χ3n) is 12.8. The summed E-state index contributed by atoms with van der Waals surface area (Å²) in [7, 11) is 8.47. The van der Waals surface area contributed by atoms with Crippen molar-refractivity contribution in [2.45, 2.75) is 6.92 Å². The Hall–Kier alpha value is -9.14. The van der Waals surface area contributed by atoms with Crippen molar-refractivity contribution in [3.05, 3.63) is 277 Å². The molecule has 0 radical (unpaired) electrons. The molecule has 1 aliphatic carbocycles. The molecule has 0 aliphatic heterocycles. The Morgan fingerprint density at radius 1 is 0.356 bits per heavy atom. The van der Waals surface area contributed by atoms with Crippen molar-refractivity contribution < 1.29 is 23.7 Å². The van der Waals surface area contributed by atoms with Gasteiger partial charge in [-0.1, -0.05) is 116 Å². The van der Waals surface area contributed by atoms with Gasteiger partial charge in [-0.25, -0.2) is 0 Å². The molecular weight excluding hydrogens is 903 g/mol. The van der Waals surface area contributed by atoms with E-state index in [2.05, 4.69) is 210 Å². The molecule has 0 N–H and O–H groups in total. The molecule has 0 saturated heterocycles. The Morgan fingerprint density at radius 3 is 0.973 bits per heavy atom. The molecule has 73 heavy (non-hydrogen) atoms. The van der Waals surface area contributed by atoms with Crippen molar-refractivity contribution in [2.75, 3.05) is 50.2 Å². The zero-order chi connectivity index (χ0) is 50.5. The summed E-state index contributed by atoms with van der Waals surface area (Å²) >= 11 is 0. The normalized spacial score (nSPS) is 13.3. The van der Waals surface area contributed by atoms with Gasteiger partial charge < -0.3 is 38.4 Å². The topological polar surface area (TPSA) is 55.9 Å². The van der Waals surface area contributed by atoms with Gasteiger partial charge in [0.25, 0.3) is 0 Å². The second-order valence-corrected chi connectivity index (χ2v) is 17.3. The third-order valence-corrected chi connectivity index (χ3v) is 12.8. The SMILES string of the molecule is COC1=CC(C)/C(=C/N(c2ccccc2)c2cc(N(C=C(c3ccc(OC)cc3)c3ccc(OC)cc3)c3ccccc3)cc(N(C=C(c3ccc(OC)cc3)c3ccc(OC)cc3)c3ccccc3)c2)C=C1. The van der Waals surface area contributed by atoms with Crippen LogP contribution in [0.3, 0.4) is 0 Å². The van der Waals surface area contributed by atoms with Crippen molar-refractivity contribution in [1.82, 2.24) is 0 Å². The highest BCUT2D eigenvalue weighted by atomic mass is 16.5. The van der Waals surface area contributed by atoms with Gasteiger partial charge in [-0.2, -0.15) is 0 Å². The van der Waals surface area contributed by atoms with Gasteiger partial charge in [-0.15, -0.1) is 0 Å². The average Bonchev–Trinajstić information content (AvgIpc) is 3.46. The molecule has 1 unspecified atom stereocenters. The number of hydrogen-bond donors (Lipinski definition) is 0. The van der Waals surface area contributed by atoms with Gasteiger partial charge in [0.05, 0.1) is 35.5 Å². The van der Waals surface area contributed by atoms with Crippen LogP contribution in [0, 0.1) is 5.92 Å². The lowest BCUT2D eigenvalue weighted by Crippen LogP contribution is -2.17. The largest absolute Gasteiger partial charge is 0.497 e. The summed E-state index contributed by atoms with van der Waals surface area (Å²) in [5.41, 5.74) is 12.8. The molecule has 9 rings (SSSR count). The van der Waals surface area contributed by atoms with Crippen LogP contribution >= 0.6 is 0 Å². The summed E-state index contributed by atoms with van der Waals surface area (Å²) in [5.74, 6) is 4.02. The van der Waals surface area contributed by atoms with E-state index < -0.39 is 0 Å². The van der Waals surface area contributed by atoms with E-state index in [4.69, 9.17) is 23.7 Å². The number of ether oxygens (including phenoxy) is 5. The molecule has 8 heteroatoms. The van der Waals surface area contributed by atoms with E-state index in [-0.39, 0.29) is 5.92 Å². The molecule has 0 aromatic heterocycles. The van der Waals surface area contributed by atoms with Crippen molar-refractivity contribution in [3.8, 4) is 23.0 Å². The highest BCUT2D eigenvalue weighted by molar-refractivity contribution is 5.89. The first-order chi connectivity index (χ1) is 35.8. The van der Waals surface area contributed by atoms with E-state index in [0.717, 1.165) is 102 Å². The molecule has 364 valence electrons. The van der Waals surface area contributed by atoms with Crippen LogP contribution in [0.5, 0.6) is 23.0 Å². The lowest BCUT2D eigenvalue weighted by Gasteiger charge is -2.31. The third kappa shape index (κ3) is 11.6. The maximum absolute atomic E-state index is 5.68. The van der Waals surface area contributed by atoms with E-state index >= 15 is 0 Å². The van der Waals surface area contributed by atoms with Crippen LogP contribution in [0.25, 0.3) is 11.1 Å². The molecule has 8 aromatic rings. The fraction of sp³-hybridized carbons (Fsp3) is 0.108. The molecule has 1 atom stereocenters. The van der Waals surface area contributed by atoms with Crippen LogP contribution in [-0.4, -0.2) is 35.5 Å². The summed E-state index contributed by atoms with van der Waals surface area (Å²) < 4.78 is 28.2. The molecule has 8 nitrogen and oxygen atoms in total. The number of nitrogens with zero attached hydrogens (tertiary/aromatic N) is 3. The van der Waals surface area contributed by atoms with Gasteiger partial charge in [0.2, 0.25) is 0 Å². The van der Waals surface area contributed by atoms with Crippen LogP contribution in [0.4, 0.5) is 34.1 Å². The van der Waals surface area contributed by atoms with E-state index in [1.165, 1.54) is 0 Å². The Balaban J connectivity index is 1.35. The number of para-hydroxylation sites is 3. The van der Waals surface area contributed by atoms with Crippen LogP contribution in [-0.2, 0) is 4.74 Å². The molecule has 0 saturated carbocycles. The first-order valence-electron chi connectivity index (χ1n) is 24.2. The van der Waals surface area contributed by atoms with E-state index in [0.29, 0.717) is 0 Å². The first-order valence-corrected chi connectivity index (χ1v) is 24.2. The molecule has 0 heterocycles. The predicted octanol–water partition coefficient (Wildman–Crippen LogP) is 15.9. The summed E-state index contributed by atoms with van der Waals surface area (Å²) in [5, 5.41) is 0. The minimum atomic E-state index is 0.0782. The van der Waals surface area contributed by atoms with Gasteiger partial charge >= 0.3 is 0 Å². The standard InChI is InChI=1S/C65H59N3O5/c1-47-40-63(73-6)39-30-52(47)44-66(53-16-10-7-11-17-53)56-41-57(67(54-18-12-8-13-19-54)45-64(48-22-31-59(69-2)32-23-48)49-24-33-60(70-3)34-25-49)43-58(42-56)68(55-20-14-9-15-21-55)46-65(50-26-35-61(71-4)36-27-50)51-28-37-62(72-5)38-29-51/h7-47H,1-6H3/b52-44+. The van der Waals surface area contributed by atoms with Gasteiger partial charge in [0.15, 0.2) is 0 Å². The Kier molecular flexibility index (Phi) is 15.5. The number of rotatable bonds is 18. The molecule has 8 aromatic carbocycles. The van der Waals surface area contributed by atoms with Gasteiger partial charge in [0, 0.05) is 69.8 Å². The lowest BCUT2D eigenvalue weighted by molar-refractivity contribution is 0.302. The number of methoxy groups -OCH3 is 5. The van der Waals surface area contributed by atoms with Crippen molar-refractivity contribution in [2.24, 2.45) is 5.92 Å². The van der Waals surface area contributed by atoms with Crippen LogP contribution in [0.2, 0.25) is 0 Å². The molecular formula is C65H59N3O5. The molecule has 0 amide bonds. The number of allylic oxidation sites excluding steroid dienone is 4. The van der Waals surface area contributed by atoms with Crippen molar-refractivity contribution >= 4 is 45.3 Å². The maximum Gasteiger partial charge on any atom is 0.118 e. The molecule has 0 bridgehead atoms. The first kappa shape index (κ1) is 48.9. The minimum absolute atomic E-state index is 0.0782. The quantitative estimate of drug-likeness (QED) is 0.0843. The highest BCUT2D eigenvalue weighted by Gasteiger charge is 2.22. The summed E-state index contributed by atoms with van der Waals surface area (Å²) in [6.07, 6.45) is 13.0. The zero-order valence-corrected chi connectivity index (χ0v) is 42.1. The van der Waals surface area contributed by atoms with Gasteiger partial charge in [-0.05, 0) is 143 Å². The van der Waals surface area contributed by atoms with Crippen molar-refractivity contribution in [1.29, 1.82) is 0 Å². The van der Waals surface area contributed by atoms with Gasteiger partial charge in [0.1, 0.15) is 28.8 Å².